The monoisotopic (exact) mass is 350 g/mol. The van der Waals surface area contributed by atoms with Gasteiger partial charge in [0.05, 0.1) is 23.6 Å². The highest BCUT2D eigenvalue weighted by Crippen LogP contribution is 2.37. The second-order valence-corrected chi connectivity index (χ2v) is 6.68. The number of ether oxygens (including phenoxy) is 1. The van der Waals surface area contributed by atoms with Crippen LogP contribution in [0.3, 0.4) is 0 Å². The van der Waals surface area contributed by atoms with Crippen molar-refractivity contribution < 1.29 is 9.53 Å². The average Bonchev–Trinajstić information content (AvgIpc) is 2.94. The predicted molar refractivity (Wildman–Crippen MR) is 102 cm³/mol. The number of hydrogen-bond donors (Lipinski definition) is 0. The molecule has 0 spiro atoms. The zero-order valence-electron chi connectivity index (χ0n) is 13.9. The molecule has 0 fully saturated rings. The quantitative estimate of drug-likeness (QED) is 0.767. The van der Waals surface area contributed by atoms with E-state index >= 15 is 0 Å². The van der Waals surface area contributed by atoms with E-state index in [1.54, 1.807) is 11.8 Å². The van der Waals surface area contributed by atoms with E-state index in [2.05, 4.69) is 28.5 Å². The van der Waals surface area contributed by atoms with Crippen LogP contribution in [0.1, 0.15) is 28.4 Å². The van der Waals surface area contributed by atoms with Crippen LogP contribution in [0.4, 0.5) is 5.69 Å². The molecule has 2 aromatic rings. The minimum atomic E-state index is -0.281. The van der Waals surface area contributed by atoms with Crippen molar-refractivity contribution in [3.8, 4) is 0 Å². The Kier molecular flexibility index (Phi) is 4.32. The number of fused-ring (bicyclic) bond motifs is 2. The van der Waals surface area contributed by atoms with E-state index in [4.69, 9.17) is 9.73 Å². The van der Waals surface area contributed by atoms with Gasteiger partial charge in [0.2, 0.25) is 0 Å². The summed E-state index contributed by atoms with van der Waals surface area (Å²) < 4.78 is 5.04. The minimum Gasteiger partial charge on any atom is -0.462 e. The van der Waals surface area contributed by atoms with Gasteiger partial charge in [-0.1, -0.05) is 42.1 Å². The standard InChI is InChI=1S/C20H18N2O2S/c1-2-24-19(23)16-9-7-15(8-10-16)18-13-25-20-21-17-6-4-3-5-14(17)11-12-22(18)20/h3-10,13H,2,11-12H2,1H3. The summed E-state index contributed by atoms with van der Waals surface area (Å²) in [5, 5.41) is 3.14. The Morgan fingerprint density at radius 1 is 1.20 bits per heavy atom. The van der Waals surface area contributed by atoms with Crippen LogP contribution in [0.25, 0.3) is 5.70 Å². The van der Waals surface area contributed by atoms with Crippen molar-refractivity contribution in [2.75, 3.05) is 13.2 Å². The van der Waals surface area contributed by atoms with Crippen LogP contribution in [0.15, 0.2) is 58.9 Å². The molecule has 0 saturated heterocycles. The van der Waals surface area contributed by atoms with Crippen molar-refractivity contribution in [2.45, 2.75) is 13.3 Å². The zero-order valence-corrected chi connectivity index (χ0v) is 14.8. The Hall–Kier alpha value is -2.53. The lowest BCUT2D eigenvalue weighted by molar-refractivity contribution is 0.0526. The molecule has 25 heavy (non-hydrogen) atoms. The fraction of sp³-hybridized carbons (Fsp3) is 0.200. The fourth-order valence-electron chi connectivity index (χ4n) is 3.02. The molecule has 126 valence electrons. The van der Waals surface area contributed by atoms with Gasteiger partial charge in [-0.25, -0.2) is 9.79 Å². The number of rotatable bonds is 3. The van der Waals surface area contributed by atoms with Gasteiger partial charge in [0.15, 0.2) is 5.17 Å². The number of benzene rings is 2. The third-order valence-electron chi connectivity index (χ3n) is 4.30. The maximum atomic E-state index is 11.8. The predicted octanol–water partition coefficient (Wildman–Crippen LogP) is 4.45. The number of para-hydroxylation sites is 1. The van der Waals surface area contributed by atoms with Crippen LogP contribution in [-0.2, 0) is 11.2 Å². The van der Waals surface area contributed by atoms with Gasteiger partial charge in [0.1, 0.15) is 0 Å². The maximum Gasteiger partial charge on any atom is 0.338 e. The minimum absolute atomic E-state index is 0.281. The first-order valence-corrected chi connectivity index (χ1v) is 9.23. The van der Waals surface area contributed by atoms with E-state index in [0.717, 1.165) is 35.1 Å². The highest BCUT2D eigenvalue weighted by molar-refractivity contribution is 8.16. The number of esters is 1. The van der Waals surface area contributed by atoms with E-state index in [1.807, 2.05) is 37.3 Å². The van der Waals surface area contributed by atoms with Crippen LogP contribution in [0.2, 0.25) is 0 Å². The number of aliphatic imine (C=N–C) groups is 1. The van der Waals surface area contributed by atoms with Gasteiger partial charge in [-0.3, -0.25) is 0 Å². The summed E-state index contributed by atoms with van der Waals surface area (Å²) >= 11 is 1.65. The maximum absolute atomic E-state index is 11.8. The molecule has 0 radical (unpaired) electrons. The lowest BCUT2D eigenvalue weighted by atomic mass is 10.1. The number of nitrogens with zero attached hydrogens (tertiary/aromatic N) is 2. The smallest absolute Gasteiger partial charge is 0.338 e. The molecule has 4 rings (SSSR count). The van der Waals surface area contributed by atoms with Crippen LogP contribution >= 0.6 is 11.8 Å². The summed E-state index contributed by atoms with van der Waals surface area (Å²) in [7, 11) is 0. The van der Waals surface area contributed by atoms with Gasteiger partial charge in [0.25, 0.3) is 0 Å². The molecule has 0 saturated carbocycles. The van der Waals surface area contributed by atoms with Crippen LogP contribution in [-0.4, -0.2) is 29.2 Å². The number of amidine groups is 1. The fourth-order valence-corrected chi connectivity index (χ4v) is 3.97. The molecule has 0 atom stereocenters. The summed E-state index contributed by atoms with van der Waals surface area (Å²) in [4.78, 5) is 18.9. The number of hydrogen-bond acceptors (Lipinski definition) is 5. The lowest BCUT2D eigenvalue weighted by Gasteiger charge is -2.21. The van der Waals surface area contributed by atoms with E-state index < -0.39 is 0 Å². The van der Waals surface area contributed by atoms with Crippen LogP contribution in [0.5, 0.6) is 0 Å². The van der Waals surface area contributed by atoms with E-state index in [9.17, 15) is 4.79 Å². The Bertz CT molecular complexity index is 872. The highest BCUT2D eigenvalue weighted by atomic mass is 32.2. The first-order chi connectivity index (χ1) is 12.3. The van der Waals surface area contributed by atoms with E-state index in [0.29, 0.717) is 12.2 Å². The van der Waals surface area contributed by atoms with E-state index in [1.165, 1.54) is 5.56 Å². The SMILES string of the molecule is CCOC(=O)c1ccc(C2=CSC3=Nc4ccccc4CCN23)cc1. The van der Waals surface area contributed by atoms with Gasteiger partial charge in [-0.05, 0) is 42.7 Å². The number of carbonyl (C=O) groups excluding carboxylic acids is 1. The van der Waals surface area contributed by atoms with Crippen LogP contribution < -0.4 is 0 Å². The molecule has 0 amide bonds. The second-order valence-electron chi connectivity index (χ2n) is 5.84. The molecule has 0 bridgehead atoms. The summed E-state index contributed by atoms with van der Waals surface area (Å²) in [5.74, 6) is -0.281. The van der Waals surface area contributed by atoms with Crippen molar-refractivity contribution in [3.63, 3.8) is 0 Å². The van der Waals surface area contributed by atoms with Crippen molar-refractivity contribution in [1.29, 1.82) is 0 Å². The summed E-state index contributed by atoms with van der Waals surface area (Å²) in [5.41, 5.74) is 5.12. The van der Waals surface area contributed by atoms with Gasteiger partial charge in [0, 0.05) is 12.0 Å². The summed E-state index contributed by atoms with van der Waals surface area (Å²) in [6.07, 6.45) is 0.960. The molecule has 2 aliphatic rings. The molecule has 0 N–H and O–H groups in total. The van der Waals surface area contributed by atoms with Crippen molar-refractivity contribution in [3.05, 3.63) is 70.6 Å². The molecule has 4 nitrogen and oxygen atoms in total. The molecule has 5 heteroatoms. The Morgan fingerprint density at radius 2 is 2.00 bits per heavy atom. The first kappa shape index (κ1) is 16.0. The van der Waals surface area contributed by atoms with Crippen LogP contribution in [0, 0.1) is 0 Å². The zero-order chi connectivity index (χ0) is 17.2. The number of thioether (sulfide) groups is 1. The third kappa shape index (κ3) is 3.07. The lowest BCUT2D eigenvalue weighted by Crippen LogP contribution is -2.24. The van der Waals surface area contributed by atoms with Crippen molar-refractivity contribution in [2.24, 2.45) is 4.99 Å². The Morgan fingerprint density at radius 3 is 2.80 bits per heavy atom. The molecule has 0 aromatic heterocycles. The van der Waals surface area contributed by atoms with Crippen molar-refractivity contribution >= 4 is 34.3 Å². The molecule has 2 aliphatic heterocycles. The normalized spacial score (nSPS) is 15.6. The molecule has 2 aromatic carbocycles. The average molecular weight is 350 g/mol. The first-order valence-electron chi connectivity index (χ1n) is 8.35. The molecular formula is C20H18N2O2S. The van der Waals surface area contributed by atoms with Gasteiger partial charge in [-0.15, -0.1) is 0 Å². The largest absolute Gasteiger partial charge is 0.462 e. The van der Waals surface area contributed by atoms with Gasteiger partial charge < -0.3 is 9.64 Å². The topological polar surface area (TPSA) is 41.9 Å². The Labute approximate surface area is 151 Å². The molecule has 2 heterocycles. The third-order valence-corrected chi connectivity index (χ3v) is 5.17. The van der Waals surface area contributed by atoms with E-state index in [-0.39, 0.29) is 5.97 Å². The van der Waals surface area contributed by atoms with Gasteiger partial charge >= 0.3 is 5.97 Å². The molecule has 0 aliphatic carbocycles. The van der Waals surface area contributed by atoms with Gasteiger partial charge in [-0.2, -0.15) is 0 Å². The molecular weight excluding hydrogens is 332 g/mol. The van der Waals surface area contributed by atoms with Crippen molar-refractivity contribution in [1.82, 2.24) is 4.90 Å². The summed E-state index contributed by atoms with van der Waals surface area (Å²) in [6, 6.07) is 15.9. The number of carbonyl (C=O) groups is 1. The Balaban J connectivity index is 1.58. The molecule has 0 unspecified atom stereocenters. The second kappa shape index (κ2) is 6.76. The summed E-state index contributed by atoms with van der Waals surface area (Å²) in [6.45, 7) is 3.09. The highest BCUT2D eigenvalue weighted by Gasteiger charge is 2.26.